The summed E-state index contributed by atoms with van der Waals surface area (Å²) in [7, 11) is 0. The quantitative estimate of drug-likeness (QED) is 0.454. The van der Waals surface area contributed by atoms with Crippen molar-refractivity contribution in [3.63, 3.8) is 0 Å². The molecule has 1 aromatic rings. The topological polar surface area (TPSA) is 43.4 Å². The number of halogens is 2. The first-order valence-corrected chi connectivity index (χ1v) is 6.83. The van der Waals surface area contributed by atoms with Crippen LogP contribution in [0.2, 0.25) is 5.02 Å². The Bertz CT molecular complexity index is 468. The van der Waals surface area contributed by atoms with Crippen molar-refractivity contribution in [3.05, 3.63) is 34.9 Å². The van der Waals surface area contributed by atoms with E-state index in [4.69, 9.17) is 27.9 Å². The Hall–Kier alpha value is -1.06. The van der Waals surface area contributed by atoms with Crippen LogP contribution in [0.4, 0.5) is 0 Å². The van der Waals surface area contributed by atoms with Crippen LogP contribution in [0.5, 0.6) is 0 Å². The minimum absolute atomic E-state index is 0.0747. The predicted octanol–water partition coefficient (Wildman–Crippen LogP) is 3.96. The van der Waals surface area contributed by atoms with Gasteiger partial charge in [-0.3, -0.25) is 9.59 Å². The van der Waals surface area contributed by atoms with E-state index in [0.29, 0.717) is 17.9 Å². The van der Waals surface area contributed by atoms with Crippen molar-refractivity contribution in [2.45, 2.75) is 33.3 Å². The van der Waals surface area contributed by atoms with Gasteiger partial charge < -0.3 is 4.74 Å². The minimum Gasteiger partial charge on any atom is -0.460 e. The fourth-order valence-corrected chi connectivity index (χ4v) is 2.37. The zero-order chi connectivity index (χ0) is 14.5. The molecule has 104 valence electrons. The van der Waals surface area contributed by atoms with Gasteiger partial charge in [0.25, 0.3) is 0 Å². The fourth-order valence-electron chi connectivity index (χ4n) is 1.81. The normalized spacial score (nSPS) is 11.2. The molecule has 0 saturated carbocycles. The van der Waals surface area contributed by atoms with Crippen LogP contribution in [0, 0.1) is 5.41 Å². The molecule has 5 heteroatoms. The molecule has 0 spiro atoms. The summed E-state index contributed by atoms with van der Waals surface area (Å²) in [6.45, 7) is 3.56. The average Bonchev–Trinajstić information content (AvgIpc) is 2.38. The molecule has 0 unspecified atom stereocenters. The van der Waals surface area contributed by atoms with Gasteiger partial charge in [-0.05, 0) is 42.1 Å². The molecular formula is C14H16Cl2O3. The van der Waals surface area contributed by atoms with E-state index in [2.05, 4.69) is 0 Å². The van der Waals surface area contributed by atoms with Crippen LogP contribution in [0.25, 0.3) is 0 Å². The largest absolute Gasteiger partial charge is 0.460 e. The van der Waals surface area contributed by atoms with E-state index in [0.717, 1.165) is 5.56 Å². The highest BCUT2D eigenvalue weighted by molar-refractivity contribution is 6.66. The van der Waals surface area contributed by atoms with Gasteiger partial charge >= 0.3 is 5.97 Å². The van der Waals surface area contributed by atoms with Crippen LogP contribution < -0.4 is 0 Å². The second-order valence-electron chi connectivity index (χ2n) is 4.27. The van der Waals surface area contributed by atoms with Crippen LogP contribution in [-0.2, 0) is 20.9 Å². The lowest BCUT2D eigenvalue weighted by atomic mass is 9.84. The van der Waals surface area contributed by atoms with Gasteiger partial charge in [-0.15, -0.1) is 0 Å². The Morgan fingerprint density at radius 1 is 1.26 bits per heavy atom. The maximum atomic E-state index is 12.1. The lowest BCUT2D eigenvalue weighted by Crippen LogP contribution is -2.37. The standard InChI is InChI=1S/C14H16Cl2O3/c1-3-14(4-2,12(16)17)13(18)19-9-10-6-5-7-11(15)8-10/h5-8H,3-4,9H2,1-2H3. The number of rotatable bonds is 6. The molecule has 1 aromatic carbocycles. The van der Waals surface area contributed by atoms with Gasteiger partial charge in [-0.2, -0.15) is 0 Å². The van der Waals surface area contributed by atoms with E-state index in [-0.39, 0.29) is 6.61 Å². The number of carbonyl (C=O) groups is 2. The Morgan fingerprint density at radius 3 is 2.37 bits per heavy atom. The highest BCUT2D eigenvalue weighted by Gasteiger charge is 2.43. The summed E-state index contributed by atoms with van der Waals surface area (Å²) < 4.78 is 5.19. The van der Waals surface area contributed by atoms with Crippen molar-refractivity contribution in [1.82, 2.24) is 0 Å². The molecule has 0 N–H and O–H groups in total. The first-order chi connectivity index (χ1) is 8.96. The maximum Gasteiger partial charge on any atom is 0.321 e. The summed E-state index contributed by atoms with van der Waals surface area (Å²) in [5, 5.41) is -0.104. The molecule has 0 heterocycles. The van der Waals surface area contributed by atoms with E-state index in [9.17, 15) is 9.59 Å². The van der Waals surface area contributed by atoms with Crippen molar-refractivity contribution in [2.24, 2.45) is 5.41 Å². The van der Waals surface area contributed by atoms with Gasteiger partial charge in [0.05, 0.1) is 0 Å². The Labute approximate surface area is 122 Å². The van der Waals surface area contributed by atoms with Crippen LogP contribution in [0.1, 0.15) is 32.3 Å². The van der Waals surface area contributed by atoms with Crippen molar-refractivity contribution in [1.29, 1.82) is 0 Å². The Kier molecular flexibility index (Phi) is 5.83. The van der Waals surface area contributed by atoms with Gasteiger partial charge in [0.15, 0.2) is 0 Å². The highest BCUT2D eigenvalue weighted by atomic mass is 35.5. The molecule has 0 bridgehead atoms. The SMILES string of the molecule is CCC(CC)(C(=O)Cl)C(=O)OCc1cccc(Cl)c1. The monoisotopic (exact) mass is 302 g/mol. The number of hydrogen-bond acceptors (Lipinski definition) is 3. The number of ether oxygens (including phenoxy) is 1. The van der Waals surface area contributed by atoms with Crippen molar-refractivity contribution >= 4 is 34.4 Å². The summed E-state index contributed by atoms with van der Waals surface area (Å²) in [4.78, 5) is 23.5. The predicted molar refractivity (Wildman–Crippen MR) is 75.1 cm³/mol. The summed E-state index contributed by atoms with van der Waals surface area (Å²) in [5.41, 5.74) is -0.482. The van der Waals surface area contributed by atoms with Crippen LogP contribution in [-0.4, -0.2) is 11.2 Å². The van der Waals surface area contributed by atoms with Crippen LogP contribution in [0.15, 0.2) is 24.3 Å². The number of hydrogen-bond donors (Lipinski definition) is 0. The van der Waals surface area contributed by atoms with Gasteiger partial charge in [0.2, 0.25) is 5.24 Å². The molecule has 0 aliphatic rings. The van der Waals surface area contributed by atoms with Gasteiger partial charge in [-0.25, -0.2) is 0 Å². The summed E-state index contributed by atoms with van der Waals surface area (Å²) >= 11 is 11.4. The van der Waals surface area contributed by atoms with E-state index < -0.39 is 16.6 Å². The smallest absolute Gasteiger partial charge is 0.321 e. The third-order valence-corrected chi connectivity index (χ3v) is 3.83. The molecule has 0 radical (unpaired) electrons. The molecule has 3 nitrogen and oxygen atoms in total. The van der Waals surface area contributed by atoms with Crippen molar-refractivity contribution in [2.75, 3.05) is 0 Å². The van der Waals surface area contributed by atoms with E-state index in [1.807, 2.05) is 0 Å². The number of benzene rings is 1. The lowest BCUT2D eigenvalue weighted by Gasteiger charge is -2.24. The maximum absolute atomic E-state index is 12.1. The molecule has 0 fully saturated rings. The molecule has 0 aromatic heterocycles. The first-order valence-electron chi connectivity index (χ1n) is 6.08. The van der Waals surface area contributed by atoms with Crippen LogP contribution >= 0.6 is 23.2 Å². The first kappa shape index (κ1) is 16.0. The second kappa shape index (κ2) is 6.92. The molecule has 0 aliphatic carbocycles. The van der Waals surface area contributed by atoms with E-state index in [1.165, 1.54) is 0 Å². The highest BCUT2D eigenvalue weighted by Crippen LogP contribution is 2.31. The molecule has 0 amide bonds. The summed E-state index contributed by atoms with van der Waals surface area (Å²) in [6, 6.07) is 7.00. The Balaban J connectivity index is 2.76. The third-order valence-electron chi connectivity index (χ3n) is 3.23. The zero-order valence-corrected chi connectivity index (χ0v) is 12.4. The molecule has 19 heavy (non-hydrogen) atoms. The van der Waals surface area contributed by atoms with Crippen molar-refractivity contribution in [3.8, 4) is 0 Å². The lowest BCUT2D eigenvalue weighted by molar-refractivity contribution is -0.160. The molecular weight excluding hydrogens is 287 g/mol. The molecule has 1 rings (SSSR count). The summed E-state index contributed by atoms with van der Waals surface area (Å²) in [5.74, 6) is -0.586. The van der Waals surface area contributed by atoms with E-state index in [1.54, 1.807) is 38.1 Å². The van der Waals surface area contributed by atoms with Gasteiger partial charge in [0, 0.05) is 5.02 Å². The Morgan fingerprint density at radius 2 is 1.89 bits per heavy atom. The van der Waals surface area contributed by atoms with E-state index >= 15 is 0 Å². The molecule has 0 aliphatic heterocycles. The number of esters is 1. The molecule has 0 atom stereocenters. The summed E-state index contributed by atoms with van der Waals surface area (Å²) in [6.07, 6.45) is 0.639. The second-order valence-corrected chi connectivity index (χ2v) is 5.05. The third kappa shape index (κ3) is 3.71. The average molecular weight is 303 g/mol. The minimum atomic E-state index is -1.25. The zero-order valence-electron chi connectivity index (χ0n) is 10.9. The fraction of sp³-hybridized carbons (Fsp3) is 0.429. The van der Waals surface area contributed by atoms with Gasteiger partial charge in [0.1, 0.15) is 12.0 Å². The molecule has 0 saturated heterocycles. The number of carbonyl (C=O) groups excluding carboxylic acids is 2. The van der Waals surface area contributed by atoms with Crippen molar-refractivity contribution < 1.29 is 14.3 Å². The van der Waals surface area contributed by atoms with Crippen LogP contribution in [0.3, 0.4) is 0 Å². The van der Waals surface area contributed by atoms with Gasteiger partial charge in [-0.1, -0.05) is 37.6 Å².